The molecular formula is C18H21N3O. The molecule has 1 saturated heterocycles. The van der Waals surface area contributed by atoms with Crippen molar-refractivity contribution in [3.8, 4) is 0 Å². The molecule has 5 rings (SSSR count). The number of nitrogens with one attached hydrogen (secondary N) is 1. The molecular weight excluding hydrogens is 274 g/mol. The Morgan fingerprint density at radius 2 is 2.14 bits per heavy atom. The fraction of sp³-hybridized carbons (Fsp3) is 0.500. The van der Waals surface area contributed by atoms with Gasteiger partial charge in [0.1, 0.15) is 0 Å². The number of benzene rings is 1. The first-order chi connectivity index (χ1) is 10.9. The van der Waals surface area contributed by atoms with Gasteiger partial charge in [-0.15, -0.1) is 0 Å². The van der Waals surface area contributed by atoms with E-state index in [2.05, 4.69) is 39.0 Å². The molecule has 1 aromatic heterocycles. The average Bonchev–Trinajstić information content (AvgIpc) is 2.89. The molecule has 3 atom stereocenters. The second-order valence-corrected chi connectivity index (χ2v) is 6.92. The van der Waals surface area contributed by atoms with E-state index in [-0.39, 0.29) is 6.04 Å². The lowest BCUT2D eigenvalue weighted by Crippen LogP contribution is -2.54. The van der Waals surface area contributed by atoms with Crippen molar-refractivity contribution in [1.82, 2.24) is 14.8 Å². The second-order valence-electron chi connectivity index (χ2n) is 6.92. The minimum absolute atomic E-state index is 0.263. The van der Waals surface area contributed by atoms with Crippen molar-refractivity contribution in [2.24, 2.45) is 5.92 Å². The van der Waals surface area contributed by atoms with Gasteiger partial charge < -0.3 is 9.88 Å². The minimum atomic E-state index is 0.263. The Morgan fingerprint density at radius 1 is 1.23 bits per heavy atom. The summed E-state index contributed by atoms with van der Waals surface area (Å²) in [5, 5.41) is 4.54. The molecule has 0 aliphatic carbocycles. The second kappa shape index (κ2) is 4.59. The third-order valence-corrected chi connectivity index (χ3v) is 6.01. The van der Waals surface area contributed by atoms with Crippen molar-refractivity contribution in [2.75, 3.05) is 13.1 Å². The smallest absolute Gasteiger partial charge is 0.207 e. The zero-order chi connectivity index (χ0) is 14.7. The van der Waals surface area contributed by atoms with Crippen LogP contribution in [-0.2, 0) is 17.8 Å². The van der Waals surface area contributed by atoms with Crippen LogP contribution < -0.4 is 5.32 Å². The Kier molecular flexibility index (Phi) is 2.65. The minimum Gasteiger partial charge on any atom is -0.354 e. The van der Waals surface area contributed by atoms with Gasteiger partial charge in [-0.25, -0.2) is 0 Å². The van der Waals surface area contributed by atoms with Crippen LogP contribution in [0.25, 0.3) is 10.9 Å². The summed E-state index contributed by atoms with van der Waals surface area (Å²) in [6.45, 7) is 3.29. The van der Waals surface area contributed by atoms with Gasteiger partial charge in [-0.3, -0.25) is 9.69 Å². The van der Waals surface area contributed by atoms with Gasteiger partial charge in [-0.1, -0.05) is 18.2 Å². The van der Waals surface area contributed by atoms with Gasteiger partial charge in [-0.2, -0.15) is 0 Å². The van der Waals surface area contributed by atoms with E-state index in [4.69, 9.17) is 0 Å². The van der Waals surface area contributed by atoms with E-state index in [0.717, 1.165) is 25.9 Å². The highest BCUT2D eigenvalue weighted by atomic mass is 16.1. The lowest BCUT2D eigenvalue weighted by Gasteiger charge is -2.50. The molecule has 1 fully saturated rings. The molecule has 1 amide bonds. The first kappa shape index (κ1) is 12.7. The average molecular weight is 295 g/mol. The number of hydrogen-bond donors (Lipinski definition) is 1. The Hall–Kier alpha value is -1.81. The standard InChI is InChI=1S/C18H21N3O/c22-11-19-15-10-21-16-6-2-1-4-12(16)13-7-9-20-8-3-5-14(15)17(20)18(13)21/h1-2,4,6,11,14-15,17H,3,5,7-10H2,(H,19,22)/t14-,15?,17-/m1/s1. The Balaban J connectivity index is 1.77. The molecule has 0 bridgehead atoms. The molecule has 4 heterocycles. The van der Waals surface area contributed by atoms with Gasteiger partial charge in [0.15, 0.2) is 0 Å². The van der Waals surface area contributed by atoms with Crippen LogP contribution in [0.4, 0.5) is 0 Å². The molecule has 1 N–H and O–H groups in total. The third-order valence-electron chi connectivity index (χ3n) is 6.01. The lowest BCUT2D eigenvalue weighted by atomic mass is 9.76. The summed E-state index contributed by atoms with van der Waals surface area (Å²) in [6.07, 6.45) is 4.54. The van der Waals surface area contributed by atoms with Gasteiger partial charge in [0.25, 0.3) is 0 Å². The summed E-state index contributed by atoms with van der Waals surface area (Å²) in [4.78, 5) is 13.7. The van der Waals surface area contributed by atoms with E-state index in [9.17, 15) is 4.79 Å². The molecule has 0 radical (unpaired) electrons. The summed E-state index contributed by atoms with van der Waals surface area (Å²) in [5.41, 5.74) is 4.45. The largest absolute Gasteiger partial charge is 0.354 e. The number of amides is 1. The molecule has 2 aromatic rings. The van der Waals surface area contributed by atoms with Crippen molar-refractivity contribution in [3.05, 3.63) is 35.5 Å². The summed E-state index contributed by atoms with van der Waals surface area (Å²) in [5.74, 6) is 0.565. The Morgan fingerprint density at radius 3 is 3.05 bits per heavy atom. The maximum absolute atomic E-state index is 11.1. The van der Waals surface area contributed by atoms with E-state index in [1.54, 1.807) is 11.3 Å². The molecule has 3 aliphatic heterocycles. The Bertz CT molecular complexity index is 750. The zero-order valence-electron chi connectivity index (χ0n) is 12.7. The van der Waals surface area contributed by atoms with E-state index in [1.165, 1.54) is 30.3 Å². The predicted molar refractivity (Wildman–Crippen MR) is 85.7 cm³/mol. The number of para-hydroxylation sites is 1. The number of aromatic nitrogens is 1. The fourth-order valence-electron chi connectivity index (χ4n) is 5.19. The van der Waals surface area contributed by atoms with Crippen LogP contribution in [0, 0.1) is 5.92 Å². The lowest BCUT2D eigenvalue weighted by molar-refractivity contribution is -0.111. The van der Waals surface area contributed by atoms with Gasteiger partial charge in [0.2, 0.25) is 6.41 Å². The van der Waals surface area contributed by atoms with Crippen molar-refractivity contribution in [1.29, 1.82) is 0 Å². The quantitative estimate of drug-likeness (QED) is 0.861. The molecule has 4 heteroatoms. The van der Waals surface area contributed by atoms with Gasteiger partial charge >= 0.3 is 0 Å². The monoisotopic (exact) mass is 295 g/mol. The molecule has 0 spiro atoms. The van der Waals surface area contributed by atoms with Crippen LogP contribution in [0.1, 0.15) is 30.1 Å². The molecule has 4 nitrogen and oxygen atoms in total. The van der Waals surface area contributed by atoms with Crippen molar-refractivity contribution in [3.63, 3.8) is 0 Å². The number of rotatable bonds is 2. The van der Waals surface area contributed by atoms with Crippen LogP contribution in [0.15, 0.2) is 24.3 Å². The molecule has 0 saturated carbocycles. The summed E-state index contributed by atoms with van der Waals surface area (Å²) in [6, 6.07) is 9.54. The van der Waals surface area contributed by atoms with E-state index in [0.29, 0.717) is 12.0 Å². The normalized spacial score (nSPS) is 30.1. The van der Waals surface area contributed by atoms with E-state index in [1.807, 2.05) is 0 Å². The number of hydrogen-bond acceptors (Lipinski definition) is 2. The molecule has 114 valence electrons. The van der Waals surface area contributed by atoms with E-state index < -0.39 is 0 Å². The van der Waals surface area contributed by atoms with E-state index >= 15 is 0 Å². The zero-order valence-corrected chi connectivity index (χ0v) is 12.7. The number of nitrogens with zero attached hydrogens (tertiary/aromatic N) is 2. The third kappa shape index (κ3) is 1.53. The summed E-state index contributed by atoms with van der Waals surface area (Å²) >= 11 is 0. The highest BCUT2D eigenvalue weighted by molar-refractivity contribution is 5.86. The van der Waals surface area contributed by atoms with Crippen LogP contribution in [0.3, 0.4) is 0 Å². The van der Waals surface area contributed by atoms with Crippen molar-refractivity contribution < 1.29 is 4.79 Å². The number of fused-ring (bicyclic) bond motifs is 3. The van der Waals surface area contributed by atoms with Crippen LogP contribution >= 0.6 is 0 Å². The van der Waals surface area contributed by atoms with Crippen molar-refractivity contribution >= 4 is 17.3 Å². The number of carbonyl (C=O) groups is 1. The summed E-state index contributed by atoms with van der Waals surface area (Å²) < 4.78 is 2.49. The topological polar surface area (TPSA) is 37.3 Å². The van der Waals surface area contributed by atoms with Crippen molar-refractivity contribution in [2.45, 2.75) is 37.9 Å². The van der Waals surface area contributed by atoms with Crippen LogP contribution in [0.2, 0.25) is 0 Å². The first-order valence-corrected chi connectivity index (χ1v) is 8.42. The van der Waals surface area contributed by atoms with Crippen LogP contribution in [-0.4, -0.2) is 35.0 Å². The number of piperidine rings is 1. The first-order valence-electron chi connectivity index (χ1n) is 8.42. The fourth-order valence-corrected chi connectivity index (χ4v) is 5.19. The highest BCUT2D eigenvalue weighted by Crippen LogP contribution is 2.48. The molecule has 1 unspecified atom stereocenters. The summed E-state index contributed by atoms with van der Waals surface area (Å²) in [7, 11) is 0. The molecule has 22 heavy (non-hydrogen) atoms. The highest BCUT2D eigenvalue weighted by Gasteiger charge is 2.46. The Labute approximate surface area is 130 Å². The van der Waals surface area contributed by atoms with Gasteiger partial charge in [-0.05, 0) is 37.4 Å². The maximum Gasteiger partial charge on any atom is 0.207 e. The van der Waals surface area contributed by atoms with Gasteiger partial charge in [0.05, 0.1) is 12.1 Å². The molecule has 3 aliphatic rings. The number of carbonyl (C=O) groups excluding carboxylic acids is 1. The predicted octanol–water partition coefficient (Wildman–Crippen LogP) is 2.08. The van der Waals surface area contributed by atoms with Crippen LogP contribution in [0.5, 0.6) is 0 Å². The molecule has 1 aromatic carbocycles. The SMILES string of the molecule is O=CNC1Cn2c3c(c4ccccc42)CCN2CCC[C@H]1[C@H]32. The van der Waals surface area contributed by atoms with Gasteiger partial charge in [0, 0.05) is 35.6 Å². The maximum atomic E-state index is 11.1.